The van der Waals surface area contributed by atoms with Crippen LogP contribution in [-0.4, -0.2) is 37.1 Å². The lowest BCUT2D eigenvalue weighted by atomic mass is 10.0. The summed E-state index contributed by atoms with van der Waals surface area (Å²) in [6.07, 6.45) is -0.275. The number of ether oxygens (including phenoxy) is 2. The van der Waals surface area contributed by atoms with E-state index in [9.17, 15) is 8.42 Å². The normalized spacial score (nSPS) is 26.9. The van der Waals surface area contributed by atoms with E-state index in [0.29, 0.717) is 12.3 Å². The number of epoxide rings is 1. The number of fused-ring (bicyclic) bond motifs is 1. The zero-order valence-electron chi connectivity index (χ0n) is 15.5. The molecule has 0 aliphatic carbocycles. The SMILES string of the molecule is C=C1[C@@H]2O[C@]2(C)[C@@H](COCc2ccccc2)N1S(=O)(=O)c1ccc(C)cc1. The Kier molecular flexibility index (Phi) is 4.37. The van der Waals surface area contributed by atoms with Crippen LogP contribution in [0.15, 0.2) is 71.8 Å². The minimum absolute atomic E-state index is 0.242. The van der Waals surface area contributed by atoms with Crippen molar-refractivity contribution >= 4 is 10.0 Å². The molecular formula is C21H23NO4S. The molecule has 0 unspecified atom stereocenters. The molecule has 6 heteroatoms. The maximum Gasteiger partial charge on any atom is 0.264 e. The number of benzene rings is 2. The Bertz CT molecular complexity index is 955. The lowest BCUT2D eigenvalue weighted by Gasteiger charge is -2.31. The van der Waals surface area contributed by atoms with Crippen molar-refractivity contribution in [1.29, 1.82) is 0 Å². The zero-order valence-corrected chi connectivity index (χ0v) is 16.3. The molecule has 0 radical (unpaired) electrons. The molecule has 0 N–H and O–H groups in total. The van der Waals surface area contributed by atoms with Gasteiger partial charge in [-0.15, -0.1) is 0 Å². The van der Waals surface area contributed by atoms with Crippen LogP contribution in [0.25, 0.3) is 0 Å². The van der Waals surface area contributed by atoms with Gasteiger partial charge in [-0.2, -0.15) is 0 Å². The predicted octanol–water partition coefficient (Wildman–Crippen LogP) is 3.26. The summed E-state index contributed by atoms with van der Waals surface area (Å²) in [6, 6.07) is 16.2. The van der Waals surface area contributed by atoms with Crippen LogP contribution in [0.1, 0.15) is 18.1 Å². The second kappa shape index (κ2) is 6.48. The quantitative estimate of drug-likeness (QED) is 0.716. The van der Waals surface area contributed by atoms with Crippen LogP contribution in [0.3, 0.4) is 0 Å². The molecule has 2 aromatic carbocycles. The monoisotopic (exact) mass is 385 g/mol. The molecule has 0 saturated carbocycles. The summed E-state index contributed by atoms with van der Waals surface area (Å²) >= 11 is 0. The molecule has 2 aliphatic heterocycles. The molecule has 0 aromatic heterocycles. The summed E-state index contributed by atoms with van der Waals surface area (Å²) in [7, 11) is -3.72. The summed E-state index contributed by atoms with van der Waals surface area (Å²) in [6.45, 7) is 8.50. The zero-order chi connectivity index (χ0) is 19.2. The van der Waals surface area contributed by atoms with Gasteiger partial charge in [-0.3, -0.25) is 4.31 Å². The van der Waals surface area contributed by atoms with Gasteiger partial charge in [0.25, 0.3) is 10.0 Å². The van der Waals surface area contributed by atoms with E-state index in [-0.39, 0.29) is 17.6 Å². The minimum atomic E-state index is -3.72. The van der Waals surface area contributed by atoms with Crippen LogP contribution in [-0.2, 0) is 26.1 Å². The van der Waals surface area contributed by atoms with Crippen molar-refractivity contribution in [2.45, 2.75) is 43.1 Å². The molecule has 5 nitrogen and oxygen atoms in total. The number of hydrogen-bond acceptors (Lipinski definition) is 4. The number of rotatable bonds is 6. The van der Waals surface area contributed by atoms with Gasteiger partial charge in [0, 0.05) is 0 Å². The summed E-state index contributed by atoms with van der Waals surface area (Å²) in [5.41, 5.74) is 1.95. The Morgan fingerprint density at radius 2 is 1.81 bits per heavy atom. The smallest absolute Gasteiger partial charge is 0.264 e. The third-order valence-corrected chi connectivity index (χ3v) is 7.21. The Labute approximate surface area is 160 Å². The van der Waals surface area contributed by atoms with Gasteiger partial charge < -0.3 is 9.47 Å². The number of sulfonamides is 1. The summed E-state index contributed by atoms with van der Waals surface area (Å²) < 4.78 is 39.6. The molecule has 2 aliphatic rings. The fraction of sp³-hybridized carbons (Fsp3) is 0.333. The van der Waals surface area contributed by atoms with Crippen molar-refractivity contribution in [3.8, 4) is 0 Å². The molecule has 2 heterocycles. The highest BCUT2D eigenvalue weighted by molar-refractivity contribution is 7.89. The first kappa shape index (κ1) is 18.2. The van der Waals surface area contributed by atoms with Crippen molar-refractivity contribution < 1.29 is 17.9 Å². The molecule has 2 saturated heterocycles. The maximum absolute atomic E-state index is 13.3. The van der Waals surface area contributed by atoms with Crippen LogP contribution in [0.4, 0.5) is 0 Å². The molecule has 4 rings (SSSR count). The van der Waals surface area contributed by atoms with Gasteiger partial charge in [-0.1, -0.05) is 54.6 Å². The molecule has 142 valence electrons. The van der Waals surface area contributed by atoms with Crippen LogP contribution in [0.5, 0.6) is 0 Å². The van der Waals surface area contributed by atoms with Crippen LogP contribution in [0, 0.1) is 6.92 Å². The minimum Gasteiger partial charge on any atom is -0.374 e. The predicted molar refractivity (Wildman–Crippen MR) is 103 cm³/mol. The highest BCUT2D eigenvalue weighted by atomic mass is 32.2. The summed E-state index contributed by atoms with van der Waals surface area (Å²) in [5, 5.41) is 0. The number of aryl methyl sites for hydroxylation is 1. The summed E-state index contributed by atoms with van der Waals surface area (Å²) in [5.74, 6) is 0. The van der Waals surface area contributed by atoms with E-state index in [1.807, 2.05) is 44.2 Å². The van der Waals surface area contributed by atoms with E-state index >= 15 is 0 Å². The first-order valence-electron chi connectivity index (χ1n) is 8.93. The van der Waals surface area contributed by atoms with E-state index in [2.05, 4.69) is 6.58 Å². The fourth-order valence-corrected chi connectivity index (χ4v) is 5.38. The lowest BCUT2D eigenvalue weighted by Crippen LogP contribution is -2.45. The van der Waals surface area contributed by atoms with Gasteiger partial charge >= 0.3 is 0 Å². The van der Waals surface area contributed by atoms with Crippen LogP contribution < -0.4 is 0 Å². The van der Waals surface area contributed by atoms with Crippen molar-refractivity contribution in [1.82, 2.24) is 4.31 Å². The standard InChI is InChI=1S/C21H23NO4S/c1-15-9-11-18(12-10-15)27(23,24)22-16(2)20-21(3,26-20)19(22)14-25-13-17-7-5-4-6-8-17/h4-12,19-20H,2,13-14H2,1,3H3/t19-,20+,21-/m1/s1. The molecule has 3 atom stereocenters. The third kappa shape index (κ3) is 3.08. The number of hydrogen-bond donors (Lipinski definition) is 0. The van der Waals surface area contributed by atoms with E-state index in [1.165, 1.54) is 4.31 Å². The van der Waals surface area contributed by atoms with E-state index in [4.69, 9.17) is 9.47 Å². The van der Waals surface area contributed by atoms with E-state index < -0.39 is 21.7 Å². The highest BCUT2D eigenvalue weighted by Crippen LogP contribution is 2.54. The maximum atomic E-state index is 13.3. The molecule has 2 aromatic rings. The molecular weight excluding hydrogens is 362 g/mol. The third-order valence-electron chi connectivity index (χ3n) is 5.33. The largest absolute Gasteiger partial charge is 0.374 e. The first-order chi connectivity index (χ1) is 12.8. The van der Waals surface area contributed by atoms with Crippen molar-refractivity contribution in [2.24, 2.45) is 0 Å². The van der Waals surface area contributed by atoms with Gasteiger partial charge in [0.1, 0.15) is 17.7 Å². The van der Waals surface area contributed by atoms with Crippen molar-refractivity contribution in [3.63, 3.8) is 0 Å². The number of nitrogens with zero attached hydrogens (tertiary/aromatic N) is 1. The average Bonchev–Trinajstić information content (AvgIpc) is 3.29. The van der Waals surface area contributed by atoms with Crippen molar-refractivity contribution in [2.75, 3.05) is 6.61 Å². The molecule has 2 fully saturated rings. The van der Waals surface area contributed by atoms with Gasteiger partial charge in [0.05, 0.1) is 23.8 Å². The second-order valence-electron chi connectivity index (χ2n) is 7.30. The van der Waals surface area contributed by atoms with Gasteiger partial charge in [0.15, 0.2) is 0 Å². The van der Waals surface area contributed by atoms with Gasteiger partial charge in [-0.05, 0) is 31.5 Å². The Hall–Kier alpha value is -2.15. The molecule has 0 spiro atoms. The van der Waals surface area contributed by atoms with Gasteiger partial charge in [0.2, 0.25) is 0 Å². The topological polar surface area (TPSA) is 59.1 Å². The lowest BCUT2D eigenvalue weighted by molar-refractivity contribution is 0.0541. The second-order valence-corrected chi connectivity index (χ2v) is 9.12. The van der Waals surface area contributed by atoms with Crippen LogP contribution >= 0.6 is 0 Å². The molecule has 0 amide bonds. The molecule has 0 bridgehead atoms. The van der Waals surface area contributed by atoms with E-state index in [1.54, 1.807) is 24.3 Å². The molecule has 27 heavy (non-hydrogen) atoms. The number of morpholine rings is 1. The van der Waals surface area contributed by atoms with Crippen LogP contribution in [0.2, 0.25) is 0 Å². The summed E-state index contributed by atoms with van der Waals surface area (Å²) in [4.78, 5) is 0.257. The van der Waals surface area contributed by atoms with Gasteiger partial charge in [-0.25, -0.2) is 8.42 Å². The first-order valence-corrected chi connectivity index (χ1v) is 10.4. The fourth-order valence-electron chi connectivity index (χ4n) is 3.66. The Morgan fingerprint density at radius 1 is 1.15 bits per heavy atom. The van der Waals surface area contributed by atoms with E-state index in [0.717, 1.165) is 11.1 Å². The Morgan fingerprint density at radius 3 is 2.48 bits per heavy atom. The van der Waals surface area contributed by atoms with Crippen molar-refractivity contribution in [3.05, 3.63) is 78.0 Å². The highest BCUT2D eigenvalue weighted by Gasteiger charge is 2.69. The average molecular weight is 385 g/mol. The Balaban J connectivity index is 1.57.